The summed E-state index contributed by atoms with van der Waals surface area (Å²) in [6, 6.07) is 21.2. The van der Waals surface area contributed by atoms with Gasteiger partial charge >= 0.3 is 0 Å². The van der Waals surface area contributed by atoms with Crippen molar-refractivity contribution in [3.8, 4) is 0 Å². The molecule has 0 unspecified atom stereocenters. The smallest absolute Gasteiger partial charge is 0.0207 e. The normalized spacial score (nSPS) is 15.6. The van der Waals surface area contributed by atoms with E-state index in [-0.39, 0.29) is 0 Å². The molecule has 30 heavy (non-hydrogen) atoms. The highest BCUT2D eigenvalue weighted by molar-refractivity contribution is 5.96. The third kappa shape index (κ3) is 3.75. The molecule has 1 nitrogen and oxygen atoms in total. The van der Waals surface area contributed by atoms with Crippen LogP contribution in [0.1, 0.15) is 60.9 Å². The average molecular weight is 394 g/mol. The first-order chi connectivity index (χ1) is 14.7. The quantitative estimate of drug-likeness (QED) is 0.493. The van der Waals surface area contributed by atoms with E-state index in [1.54, 1.807) is 11.1 Å². The largest absolute Gasteiger partial charge is 0.310 e. The van der Waals surface area contributed by atoms with Crippen LogP contribution >= 0.6 is 0 Å². The predicted molar refractivity (Wildman–Crippen MR) is 129 cm³/mol. The van der Waals surface area contributed by atoms with Crippen molar-refractivity contribution in [1.82, 2.24) is 5.32 Å². The Bertz CT molecular complexity index is 1130. The van der Waals surface area contributed by atoms with Crippen molar-refractivity contribution in [2.75, 3.05) is 0 Å². The van der Waals surface area contributed by atoms with Gasteiger partial charge in [0.05, 0.1) is 0 Å². The average Bonchev–Trinajstić information content (AvgIpc) is 2.78. The van der Waals surface area contributed by atoms with Gasteiger partial charge in [0.1, 0.15) is 0 Å². The Balaban J connectivity index is 1.50. The summed E-state index contributed by atoms with van der Waals surface area (Å²) in [5, 5.41) is 6.38. The second kappa shape index (κ2) is 8.24. The van der Waals surface area contributed by atoms with Crippen LogP contribution in [0.25, 0.3) is 16.3 Å². The monoisotopic (exact) mass is 393 g/mol. The van der Waals surface area contributed by atoms with Crippen LogP contribution in [-0.4, -0.2) is 6.04 Å². The van der Waals surface area contributed by atoms with Crippen LogP contribution in [-0.2, 0) is 19.4 Å². The number of rotatable bonds is 5. The van der Waals surface area contributed by atoms with E-state index in [2.05, 4.69) is 85.9 Å². The molecular formula is C29H31N. The second-order valence-corrected chi connectivity index (χ2v) is 9.09. The standard InChI is InChI=1S/C29H31N/c1-20(2)30-19-22-12-10-21(11-13-22)18-25-8-5-7-24-15-16-27-26-9-4-3-6-23(26)14-17-28(27)29(24)25/h4-5,7-13,15-16,20,30H,3,6,14,17-19H2,1-2H3. The minimum atomic E-state index is 0.515. The molecule has 0 fully saturated rings. The van der Waals surface area contributed by atoms with Gasteiger partial charge in [-0.2, -0.15) is 0 Å². The van der Waals surface area contributed by atoms with Gasteiger partial charge in [0.2, 0.25) is 0 Å². The molecule has 0 saturated heterocycles. The Morgan fingerprint density at radius 3 is 2.53 bits per heavy atom. The summed E-state index contributed by atoms with van der Waals surface area (Å²) in [6.45, 7) is 5.32. The van der Waals surface area contributed by atoms with Gasteiger partial charge in [-0.15, -0.1) is 0 Å². The van der Waals surface area contributed by atoms with Crippen molar-refractivity contribution in [2.45, 2.75) is 58.5 Å². The lowest BCUT2D eigenvalue weighted by Crippen LogP contribution is -2.21. The van der Waals surface area contributed by atoms with Crippen LogP contribution in [0.4, 0.5) is 0 Å². The molecule has 3 aromatic carbocycles. The van der Waals surface area contributed by atoms with Crippen LogP contribution in [0, 0.1) is 0 Å². The van der Waals surface area contributed by atoms with Crippen molar-refractivity contribution in [3.05, 3.63) is 100 Å². The first-order valence-corrected chi connectivity index (χ1v) is 11.4. The predicted octanol–water partition coefficient (Wildman–Crippen LogP) is 6.98. The Kier molecular flexibility index (Phi) is 5.31. The van der Waals surface area contributed by atoms with E-state index in [4.69, 9.17) is 0 Å². The topological polar surface area (TPSA) is 12.0 Å². The molecule has 152 valence electrons. The molecule has 2 aliphatic rings. The van der Waals surface area contributed by atoms with E-state index in [9.17, 15) is 0 Å². The maximum absolute atomic E-state index is 3.50. The number of fused-ring (bicyclic) bond motifs is 4. The molecule has 1 heteroatoms. The molecule has 0 aromatic heterocycles. The van der Waals surface area contributed by atoms with Crippen molar-refractivity contribution < 1.29 is 0 Å². The van der Waals surface area contributed by atoms with Crippen molar-refractivity contribution in [1.29, 1.82) is 0 Å². The van der Waals surface area contributed by atoms with E-state index < -0.39 is 0 Å². The van der Waals surface area contributed by atoms with Crippen LogP contribution in [0.5, 0.6) is 0 Å². The van der Waals surface area contributed by atoms with E-state index >= 15 is 0 Å². The van der Waals surface area contributed by atoms with Gasteiger partial charge < -0.3 is 5.32 Å². The molecule has 0 saturated carbocycles. The number of hydrogen-bond acceptors (Lipinski definition) is 1. The zero-order chi connectivity index (χ0) is 20.5. The number of nitrogens with one attached hydrogen (secondary N) is 1. The lowest BCUT2D eigenvalue weighted by Gasteiger charge is -2.26. The van der Waals surface area contributed by atoms with E-state index in [0.717, 1.165) is 13.0 Å². The Morgan fingerprint density at radius 1 is 0.867 bits per heavy atom. The van der Waals surface area contributed by atoms with Gasteiger partial charge in [0, 0.05) is 12.6 Å². The van der Waals surface area contributed by atoms with Gasteiger partial charge in [-0.1, -0.05) is 86.2 Å². The Hall–Kier alpha value is -2.64. The molecule has 0 heterocycles. The first-order valence-electron chi connectivity index (χ1n) is 11.4. The Morgan fingerprint density at radius 2 is 1.70 bits per heavy atom. The lowest BCUT2D eigenvalue weighted by molar-refractivity contribution is 0.589. The summed E-state index contributed by atoms with van der Waals surface area (Å²) in [5.74, 6) is 0. The van der Waals surface area contributed by atoms with Crippen molar-refractivity contribution in [2.24, 2.45) is 0 Å². The number of hydrogen-bond donors (Lipinski definition) is 1. The lowest BCUT2D eigenvalue weighted by atomic mass is 9.78. The van der Waals surface area contributed by atoms with Crippen molar-refractivity contribution in [3.63, 3.8) is 0 Å². The zero-order valence-electron chi connectivity index (χ0n) is 18.2. The van der Waals surface area contributed by atoms with Crippen LogP contribution in [0.15, 0.2) is 72.3 Å². The van der Waals surface area contributed by atoms with Gasteiger partial charge in [-0.25, -0.2) is 0 Å². The third-order valence-corrected chi connectivity index (χ3v) is 6.62. The maximum Gasteiger partial charge on any atom is 0.0207 e. The number of allylic oxidation sites excluding steroid dienone is 4. The molecule has 0 radical (unpaired) electrons. The molecule has 2 aliphatic carbocycles. The fraction of sp³-hybridized carbons (Fsp3) is 0.310. The molecule has 0 atom stereocenters. The van der Waals surface area contributed by atoms with Gasteiger partial charge in [-0.3, -0.25) is 0 Å². The van der Waals surface area contributed by atoms with E-state index in [1.165, 1.54) is 64.3 Å². The molecule has 1 N–H and O–H groups in total. The van der Waals surface area contributed by atoms with Gasteiger partial charge in [0.15, 0.2) is 0 Å². The van der Waals surface area contributed by atoms with Crippen LogP contribution in [0.2, 0.25) is 0 Å². The molecular weight excluding hydrogens is 362 g/mol. The minimum absolute atomic E-state index is 0.515. The van der Waals surface area contributed by atoms with Gasteiger partial charge in [0.25, 0.3) is 0 Å². The third-order valence-electron chi connectivity index (χ3n) is 6.62. The highest BCUT2D eigenvalue weighted by Gasteiger charge is 2.21. The first kappa shape index (κ1) is 19.3. The van der Waals surface area contributed by atoms with E-state index in [0.29, 0.717) is 6.04 Å². The summed E-state index contributed by atoms with van der Waals surface area (Å²) in [6.07, 6.45) is 10.6. The summed E-state index contributed by atoms with van der Waals surface area (Å²) < 4.78 is 0. The summed E-state index contributed by atoms with van der Waals surface area (Å²) in [5.41, 5.74) is 10.4. The second-order valence-electron chi connectivity index (χ2n) is 9.09. The molecule has 0 bridgehead atoms. The maximum atomic E-state index is 3.50. The van der Waals surface area contributed by atoms with Crippen LogP contribution < -0.4 is 5.32 Å². The summed E-state index contributed by atoms with van der Waals surface area (Å²) in [7, 11) is 0. The number of benzene rings is 3. The molecule has 3 aromatic rings. The molecule has 5 rings (SSSR count). The van der Waals surface area contributed by atoms with Crippen LogP contribution in [0.3, 0.4) is 0 Å². The SMILES string of the molecule is CC(C)NCc1ccc(Cc2cccc3ccc4c(c23)CCC2=C4C=CCC2)cc1. The molecule has 0 spiro atoms. The molecule has 0 amide bonds. The fourth-order valence-corrected chi connectivity index (χ4v) is 5.04. The van der Waals surface area contributed by atoms with Gasteiger partial charge in [-0.05, 0) is 76.3 Å². The highest BCUT2D eigenvalue weighted by atomic mass is 14.9. The van der Waals surface area contributed by atoms with E-state index in [1.807, 2.05) is 0 Å². The fourth-order valence-electron chi connectivity index (χ4n) is 5.04. The Labute approximate surface area is 180 Å². The number of aryl methyl sites for hydroxylation is 1. The zero-order valence-corrected chi connectivity index (χ0v) is 18.2. The summed E-state index contributed by atoms with van der Waals surface area (Å²) in [4.78, 5) is 0. The highest BCUT2D eigenvalue weighted by Crippen LogP contribution is 2.41. The van der Waals surface area contributed by atoms with Crippen molar-refractivity contribution >= 4 is 16.3 Å². The molecule has 0 aliphatic heterocycles. The summed E-state index contributed by atoms with van der Waals surface area (Å²) >= 11 is 0. The minimum Gasteiger partial charge on any atom is -0.310 e.